The molecule has 0 saturated heterocycles. The SMILES string of the molecule is CC(NCCNC(=O)N(C)C)c1cccc(O)c1. The first-order valence-corrected chi connectivity index (χ1v) is 5.98. The smallest absolute Gasteiger partial charge is 0.316 e. The van der Waals surface area contributed by atoms with Gasteiger partial charge in [-0.15, -0.1) is 0 Å². The summed E-state index contributed by atoms with van der Waals surface area (Å²) < 4.78 is 0. The number of nitrogens with zero attached hydrogens (tertiary/aromatic N) is 1. The van der Waals surface area contributed by atoms with Crippen molar-refractivity contribution in [1.82, 2.24) is 15.5 Å². The summed E-state index contributed by atoms with van der Waals surface area (Å²) in [6, 6.07) is 7.19. The van der Waals surface area contributed by atoms with Crippen LogP contribution in [0.3, 0.4) is 0 Å². The molecule has 0 bridgehead atoms. The van der Waals surface area contributed by atoms with Gasteiger partial charge in [0.2, 0.25) is 0 Å². The fourth-order valence-electron chi connectivity index (χ4n) is 1.53. The molecule has 100 valence electrons. The van der Waals surface area contributed by atoms with Gasteiger partial charge in [0.25, 0.3) is 0 Å². The summed E-state index contributed by atoms with van der Waals surface area (Å²) in [6.07, 6.45) is 0. The van der Waals surface area contributed by atoms with E-state index in [0.717, 1.165) is 5.56 Å². The van der Waals surface area contributed by atoms with Crippen LogP contribution in [0.15, 0.2) is 24.3 Å². The number of hydrogen-bond acceptors (Lipinski definition) is 3. The molecule has 0 saturated carbocycles. The molecule has 0 aliphatic heterocycles. The van der Waals surface area contributed by atoms with Crippen molar-refractivity contribution >= 4 is 6.03 Å². The van der Waals surface area contributed by atoms with Crippen LogP contribution >= 0.6 is 0 Å². The van der Waals surface area contributed by atoms with Crippen LogP contribution in [0.2, 0.25) is 0 Å². The van der Waals surface area contributed by atoms with Crippen LogP contribution < -0.4 is 10.6 Å². The number of carbonyl (C=O) groups excluding carboxylic acids is 1. The third-order valence-electron chi connectivity index (χ3n) is 2.63. The van der Waals surface area contributed by atoms with E-state index in [1.54, 1.807) is 26.2 Å². The molecule has 0 heterocycles. The number of urea groups is 1. The number of rotatable bonds is 5. The minimum Gasteiger partial charge on any atom is -0.508 e. The fourth-order valence-corrected chi connectivity index (χ4v) is 1.53. The van der Waals surface area contributed by atoms with Gasteiger partial charge < -0.3 is 20.6 Å². The minimum atomic E-state index is -0.0955. The Balaban J connectivity index is 2.29. The largest absolute Gasteiger partial charge is 0.508 e. The van der Waals surface area contributed by atoms with Crippen molar-refractivity contribution in [3.05, 3.63) is 29.8 Å². The molecule has 0 spiro atoms. The summed E-state index contributed by atoms with van der Waals surface area (Å²) in [5, 5.41) is 15.4. The maximum absolute atomic E-state index is 11.3. The minimum absolute atomic E-state index is 0.0955. The zero-order valence-electron chi connectivity index (χ0n) is 11.1. The standard InChI is InChI=1S/C13H21N3O2/c1-10(11-5-4-6-12(17)9-11)14-7-8-15-13(18)16(2)3/h4-6,9-10,14,17H,7-8H2,1-3H3,(H,15,18). The third kappa shape index (κ3) is 4.63. The normalized spacial score (nSPS) is 11.9. The topological polar surface area (TPSA) is 64.6 Å². The van der Waals surface area contributed by atoms with E-state index < -0.39 is 0 Å². The van der Waals surface area contributed by atoms with Crippen LogP contribution in [0, 0.1) is 0 Å². The second kappa shape index (κ2) is 6.86. The quantitative estimate of drug-likeness (QED) is 0.691. The lowest BCUT2D eigenvalue weighted by Gasteiger charge is -2.16. The van der Waals surface area contributed by atoms with E-state index in [4.69, 9.17) is 0 Å². The van der Waals surface area contributed by atoms with E-state index in [2.05, 4.69) is 10.6 Å². The van der Waals surface area contributed by atoms with E-state index >= 15 is 0 Å². The van der Waals surface area contributed by atoms with Crippen LogP contribution in [0.5, 0.6) is 5.75 Å². The van der Waals surface area contributed by atoms with Crippen LogP contribution in [0.4, 0.5) is 4.79 Å². The van der Waals surface area contributed by atoms with Crippen molar-refractivity contribution in [3.8, 4) is 5.75 Å². The first kappa shape index (κ1) is 14.3. The van der Waals surface area contributed by atoms with E-state index in [9.17, 15) is 9.90 Å². The van der Waals surface area contributed by atoms with Gasteiger partial charge in [0.1, 0.15) is 5.75 Å². The summed E-state index contributed by atoms with van der Waals surface area (Å²) >= 11 is 0. The first-order chi connectivity index (χ1) is 8.50. The summed E-state index contributed by atoms with van der Waals surface area (Å²) in [4.78, 5) is 12.8. The van der Waals surface area contributed by atoms with Gasteiger partial charge >= 0.3 is 6.03 Å². The van der Waals surface area contributed by atoms with Gasteiger partial charge in [0, 0.05) is 33.2 Å². The van der Waals surface area contributed by atoms with Gasteiger partial charge in [-0.3, -0.25) is 0 Å². The van der Waals surface area contributed by atoms with Crippen molar-refractivity contribution in [3.63, 3.8) is 0 Å². The molecular formula is C13H21N3O2. The van der Waals surface area contributed by atoms with Gasteiger partial charge in [0.05, 0.1) is 0 Å². The predicted molar refractivity (Wildman–Crippen MR) is 71.6 cm³/mol. The molecule has 5 nitrogen and oxygen atoms in total. The van der Waals surface area contributed by atoms with Crippen molar-refractivity contribution in [2.24, 2.45) is 0 Å². The van der Waals surface area contributed by atoms with Crippen LogP contribution in [-0.2, 0) is 0 Å². The molecule has 1 rings (SSSR count). The monoisotopic (exact) mass is 251 g/mol. The molecule has 1 aromatic rings. The predicted octanol–water partition coefficient (Wildman–Crippen LogP) is 1.31. The highest BCUT2D eigenvalue weighted by molar-refractivity contribution is 5.73. The molecule has 0 aromatic heterocycles. The van der Waals surface area contributed by atoms with E-state index in [1.165, 1.54) is 4.90 Å². The average molecular weight is 251 g/mol. The van der Waals surface area contributed by atoms with Gasteiger partial charge in [0.15, 0.2) is 0 Å². The first-order valence-electron chi connectivity index (χ1n) is 5.98. The molecule has 0 aliphatic rings. The highest BCUT2D eigenvalue weighted by Crippen LogP contribution is 2.17. The molecule has 5 heteroatoms. The summed E-state index contributed by atoms with van der Waals surface area (Å²) in [6.45, 7) is 3.26. The Kier molecular flexibility index (Phi) is 5.45. The Bertz CT molecular complexity index is 394. The highest BCUT2D eigenvalue weighted by Gasteiger charge is 2.05. The molecule has 1 unspecified atom stereocenters. The summed E-state index contributed by atoms with van der Waals surface area (Å²) in [5.74, 6) is 0.266. The number of carbonyl (C=O) groups is 1. The van der Waals surface area contributed by atoms with Gasteiger partial charge in [-0.2, -0.15) is 0 Å². The van der Waals surface area contributed by atoms with E-state index in [1.807, 2.05) is 19.1 Å². The number of benzene rings is 1. The van der Waals surface area contributed by atoms with Crippen molar-refractivity contribution in [2.45, 2.75) is 13.0 Å². The molecule has 0 fully saturated rings. The van der Waals surface area contributed by atoms with E-state index in [0.29, 0.717) is 13.1 Å². The molecule has 0 aliphatic carbocycles. The number of phenolic OH excluding ortho intramolecular Hbond substituents is 1. The third-order valence-corrected chi connectivity index (χ3v) is 2.63. The van der Waals surface area contributed by atoms with E-state index in [-0.39, 0.29) is 17.8 Å². The lowest BCUT2D eigenvalue weighted by molar-refractivity contribution is 0.217. The molecule has 1 atom stereocenters. The zero-order chi connectivity index (χ0) is 13.5. The van der Waals surface area contributed by atoms with Crippen molar-refractivity contribution < 1.29 is 9.90 Å². The second-order valence-electron chi connectivity index (χ2n) is 4.40. The maximum atomic E-state index is 11.3. The van der Waals surface area contributed by atoms with Gasteiger partial charge in [-0.05, 0) is 24.6 Å². The van der Waals surface area contributed by atoms with Crippen LogP contribution in [0.1, 0.15) is 18.5 Å². The number of phenols is 1. The fraction of sp³-hybridized carbons (Fsp3) is 0.462. The summed E-state index contributed by atoms with van der Waals surface area (Å²) in [5.41, 5.74) is 1.02. The number of aromatic hydroxyl groups is 1. The van der Waals surface area contributed by atoms with Crippen LogP contribution in [0.25, 0.3) is 0 Å². The lowest BCUT2D eigenvalue weighted by Crippen LogP contribution is -2.38. The Morgan fingerprint density at radius 1 is 1.39 bits per heavy atom. The highest BCUT2D eigenvalue weighted by atomic mass is 16.3. The Hall–Kier alpha value is -1.75. The lowest BCUT2D eigenvalue weighted by atomic mass is 10.1. The van der Waals surface area contributed by atoms with Gasteiger partial charge in [-0.1, -0.05) is 12.1 Å². The van der Waals surface area contributed by atoms with Crippen molar-refractivity contribution in [2.75, 3.05) is 27.2 Å². The Morgan fingerprint density at radius 2 is 2.11 bits per heavy atom. The zero-order valence-corrected chi connectivity index (χ0v) is 11.1. The summed E-state index contributed by atoms with van der Waals surface area (Å²) in [7, 11) is 3.41. The maximum Gasteiger partial charge on any atom is 0.316 e. The van der Waals surface area contributed by atoms with Crippen molar-refractivity contribution in [1.29, 1.82) is 0 Å². The molecule has 1 aromatic carbocycles. The van der Waals surface area contributed by atoms with Crippen LogP contribution in [-0.4, -0.2) is 43.2 Å². The number of hydrogen-bond donors (Lipinski definition) is 3. The number of nitrogens with one attached hydrogen (secondary N) is 2. The Morgan fingerprint density at radius 3 is 2.72 bits per heavy atom. The Labute approximate surface area is 108 Å². The van der Waals surface area contributed by atoms with Gasteiger partial charge in [-0.25, -0.2) is 4.79 Å². The number of amides is 2. The molecule has 18 heavy (non-hydrogen) atoms. The molecule has 0 radical (unpaired) electrons. The average Bonchev–Trinajstić information content (AvgIpc) is 2.33. The second-order valence-corrected chi connectivity index (χ2v) is 4.40. The molecule has 2 amide bonds. The molecule has 3 N–H and O–H groups in total. The molecular weight excluding hydrogens is 230 g/mol.